The van der Waals surface area contributed by atoms with E-state index in [2.05, 4.69) is 26.2 Å². The second kappa shape index (κ2) is 7.97. The molecule has 0 unspecified atom stereocenters. The minimum absolute atomic E-state index is 0.284. The zero-order chi connectivity index (χ0) is 18.6. The van der Waals surface area contributed by atoms with E-state index < -0.39 is 11.6 Å². The maximum Gasteiger partial charge on any atom is 0.350 e. The van der Waals surface area contributed by atoms with E-state index >= 15 is 0 Å². The lowest BCUT2D eigenvalue weighted by atomic mass is 10.1. The normalized spacial score (nSPS) is 11.1. The van der Waals surface area contributed by atoms with E-state index in [1.165, 1.54) is 0 Å². The van der Waals surface area contributed by atoms with E-state index in [-0.39, 0.29) is 12.5 Å². The van der Waals surface area contributed by atoms with Crippen molar-refractivity contribution in [3.8, 4) is 5.75 Å². The van der Waals surface area contributed by atoms with E-state index in [0.29, 0.717) is 21.5 Å². The van der Waals surface area contributed by atoms with Crippen molar-refractivity contribution in [1.29, 1.82) is 0 Å². The number of nitrogens with zero attached hydrogens (tertiary/aromatic N) is 1. The molecular weight excluding hydrogens is 408 g/mol. The van der Waals surface area contributed by atoms with Crippen LogP contribution in [0.1, 0.15) is 36.1 Å². The first-order valence-corrected chi connectivity index (χ1v) is 9.24. The highest BCUT2D eigenvalue weighted by Crippen LogP contribution is 2.26. The fourth-order valence-electron chi connectivity index (χ4n) is 1.93. The molecule has 0 bridgehead atoms. The molecule has 1 amide bonds. The molecular formula is C17H19BrN2O4S. The zero-order valence-corrected chi connectivity index (χ0v) is 16.8. The monoisotopic (exact) mass is 426 g/mol. The molecule has 6 nitrogen and oxygen atoms in total. The van der Waals surface area contributed by atoms with Crippen LogP contribution < -0.4 is 10.1 Å². The summed E-state index contributed by atoms with van der Waals surface area (Å²) in [6, 6.07) is 7.20. The summed E-state index contributed by atoms with van der Waals surface area (Å²) < 4.78 is 11.7. The Bertz CT molecular complexity index is 771. The smallest absolute Gasteiger partial charge is 0.350 e. The molecule has 1 aromatic heterocycles. The summed E-state index contributed by atoms with van der Waals surface area (Å²) in [5.74, 6) is -0.228. The molecule has 8 heteroatoms. The number of aryl methyl sites for hydroxylation is 1. The molecule has 0 spiro atoms. The van der Waals surface area contributed by atoms with Gasteiger partial charge in [-0.25, -0.2) is 9.78 Å². The number of benzene rings is 1. The Morgan fingerprint density at radius 1 is 1.28 bits per heavy atom. The lowest BCUT2D eigenvalue weighted by molar-refractivity contribution is -0.128. The van der Waals surface area contributed by atoms with Gasteiger partial charge in [-0.15, -0.1) is 0 Å². The lowest BCUT2D eigenvalue weighted by Gasteiger charge is -2.24. The van der Waals surface area contributed by atoms with Crippen LogP contribution in [0.5, 0.6) is 5.75 Å². The second-order valence-electron chi connectivity index (χ2n) is 5.67. The zero-order valence-electron chi connectivity index (χ0n) is 14.4. The van der Waals surface area contributed by atoms with Crippen molar-refractivity contribution >= 4 is 44.3 Å². The van der Waals surface area contributed by atoms with Crippen molar-refractivity contribution in [2.24, 2.45) is 0 Å². The van der Waals surface area contributed by atoms with Gasteiger partial charge in [0, 0.05) is 4.47 Å². The van der Waals surface area contributed by atoms with Crippen LogP contribution in [-0.4, -0.2) is 29.1 Å². The molecule has 1 heterocycles. The Kier molecular flexibility index (Phi) is 6.18. The minimum Gasteiger partial charge on any atom is -0.478 e. The molecule has 2 rings (SSSR count). The summed E-state index contributed by atoms with van der Waals surface area (Å²) in [5.41, 5.74) is -0.595. The summed E-state index contributed by atoms with van der Waals surface area (Å²) in [6.07, 6.45) is 0. The third-order valence-electron chi connectivity index (χ3n) is 3.21. The van der Waals surface area contributed by atoms with Gasteiger partial charge in [-0.05, 0) is 52.0 Å². The maximum absolute atomic E-state index is 12.5. The van der Waals surface area contributed by atoms with E-state index in [4.69, 9.17) is 9.47 Å². The van der Waals surface area contributed by atoms with Crippen molar-refractivity contribution in [3.05, 3.63) is 39.3 Å². The summed E-state index contributed by atoms with van der Waals surface area (Å²) in [4.78, 5) is 29.0. The first-order chi connectivity index (χ1) is 11.7. The van der Waals surface area contributed by atoms with Gasteiger partial charge in [-0.2, -0.15) is 0 Å². The lowest BCUT2D eigenvalue weighted by Crippen LogP contribution is -2.42. The molecule has 0 saturated carbocycles. The van der Waals surface area contributed by atoms with Crippen molar-refractivity contribution in [1.82, 2.24) is 4.98 Å². The number of thiazole rings is 1. The van der Waals surface area contributed by atoms with Crippen LogP contribution in [0.3, 0.4) is 0 Å². The molecule has 25 heavy (non-hydrogen) atoms. The number of hydrogen-bond donors (Lipinski definition) is 1. The van der Waals surface area contributed by atoms with Crippen LogP contribution in [0, 0.1) is 6.92 Å². The molecule has 1 aromatic carbocycles. The molecule has 0 radical (unpaired) electrons. The predicted molar refractivity (Wildman–Crippen MR) is 100 cm³/mol. The Morgan fingerprint density at radius 2 is 1.92 bits per heavy atom. The second-order valence-corrected chi connectivity index (χ2v) is 7.59. The summed E-state index contributed by atoms with van der Waals surface area (Å²) >= 11 is 4.43. The summed E-state index contributed by atoms with van der Waals surface area (Å²) in [7, 11) is 0. The average Bonchev–Trinajstić information content (AvgIpc) is 2.90. The first kappa shape index (κ1) is 19.4. The topological polar surface area (TPSA) is 77.5 Å². The van der Waals surface area contributed by atoms with Gasteiger partial charge >= 0.3 is 5.97 Å². The molecule has 0 aliphatic heterocycles. The van der Waals surface area contributed by atoms with Crippen LogP contribution >= 0.6 is 27.3 Å². The average molecular weight is 427 g/mol. The number of carbonyl (C=O) groups excluding carboxylic acids is 2. The fraction of sp³-hybridized carbons (Fsp3) is 0.353. The molecule has 2 aromatic rings. The highest BCUT2D eigenvalue weighted by molar-refractivity contribution is 9.10. The quantitative estimate of drug-likeness (QED) is 0.700. The Morgan fingerprint density at radius 3 is 2.52 bits per heavy atom. The fourth-order valence-corrected chi connectivity index (χ4v) is 3.05. The number of esters is 1. The molecule has 0 atom stereocenters. The number of halogens is 1. The van der Waals surface area contributed by atoms with Crippen LogP contribution in [-0.2, 0) is 9.53 Å². The minimum atomic E-state index is -1.11. The summed E-state index contributed by atoms with van der Waals surface area (Å²) in [5, 5.41) is 3.03. The first-order valence-electron chi connectivity index (χ1n) is 7.63. The van der Waals surface area contributed by atoms with Gasteiger partial charge in [0.25, 0.3) is 5.91 Å². The van der Waals surface area contributed by atoms with Gasteiger partial charge in [-0.1, -0.05) is 27.3 Å². The number of ether oxygens (including phenoxy) is 2. The SMILES string of the molecule is CCOC(=O)c1sc(NC(=O)C(C)(C)Oc2ccc(Br)cc2)nc1C. The third-order valence-corrected chi connectivity index (χ3v) is 4.79. The maximum atomic E-state index is 12.5. The number of hydrogen-bond acceptors (Lipinski definition) is 6. The number of nitrogens with one attached hydrogen (secondary N) is 1. The van der Waals surface area contributed by atoms with E-state index in [1.54, 1.807) is 39.8 Å². The van der Waals surface area contributed by atoms with Crippen LogP contribution in [0.4, 0.5) is 5.13 Å². The number of amides is 1. The molecule has 0 aliphatic carbocycles. The molecule has 134 valence electrons. The van der Waals surface area contributed by atoms with Crippen molar-refractivity contribution < 1.29 is 19.1 Å². The van der Waals surface area contributed by atoms with Gasteiger partial charge < -0.3 is 9.47 Å². The van der Waals surface area contributed by atoms with Crippen LogP contribution in [0.15, 0.2) is 28.7 Å². The third kappa shape index (κ3) is 5.02. The van der Waals surface area contributed by atoms with Crippen LogP contribution in [0.2, 0.25) is 0 Å². The van der Waals surface area contributed by atoms with Gasteiger partial charge in [0.05, 0.1) is 12.3 Å². The predicted octanol–water partition coefficient (Wildman–Crippen LogP) is 4.19. The van der Waals surface area contributed by atoms with Crippen molar-refractivity contribution in [3.63, 3.8) is 0 Å². The Hall–Kier alpha value is -1.93. The van der Waals surface area contributed by atoms with Gasteiger partial charge in [0.1, 0.15) is 10.6 Å². The number of aromatic nitrogens is 1. The van der Waals surface area contributed by atoms with Crippen molar-refractivity contribution in [2.45, 2.75) is 33.3 Å². The van der Waals surface area contributed by atoms with Crippen LogP contribution in [0.25, 0.3) is 0 Å². The Labute approximate surface area is 158 Å². The number of rotatable bonds is 6. The van der Waals surface area contributed by atoms with E-state index in [1.807, 2.05) is 12.1 Å². The highest BCUT2D eigenvalue weighted by atomic mass is 79.9. The molecule has 0 aliphatic rings. The highest BCUT2D eigenvalue weighted by Gasteiger charge is 2.31. The standard InChI is InChI=1S/C17H19BrN2O4S/c1-5-23-14(21)13-10(2)19-16(25-13)20-15(22)17(3,4)24-12-8-6-11(18)7-9-12/h6-9H,5H2,1-4H3,(H,19,20,22). The Balaban J connectivity index is 2.08. The van der Waals surface area contributed by atoms with Crippen molar-refractivity contribution in [2.75, 3.05) is 11.9 Å². The van der Waals surface area contributed by atoms with Gasteiger partial charge in [0.15, 0.2) is 10.7 Å². The summed E-state index contributed by atoms with van der Waals surface area (Å²) in [6.45, 7) is 7.04. The van der Waals surface area contributed by atoms with E-state index in [0.717, 1.165) is 15.8 Å². The number of anilines is 1. The van der Waals surface area contributed by atoms with Gasteiger partial charge in [0.2, 0.25) is 0 Å². The molecule has 0 saturated heterocycles. The van der Waals surface area contributed by atoms with Gasteiger partial charge in [-0.3, -0.25) is 10.1 Å². The van der Waals surface area contributed by atoms with E-state index in [9.17, 15) is 9.59 Å². The molecule has 1 N–H and O–H groups in total. The number of carbonyl (C=O) groups is 2. The largest absolute Gasteiger partial charge is 0.478 e. The molecule has 0 fully saturated rings.